The smallest absolute Gasteiger partial charge is 0.247 e. The van der Waals surface area contributed by atoms with E-state index in [2.05, 4.69) is 5.32 Å². The van der Waals surface area contributed by atoms with Crippen LogP contribution in [0, 0.1) is 5.92 Å². The standard InChI is InChI=1S/C28H30Cl2N2O5/c29-18-10-9-17(21(30)13-18)15-32(28(36)16-5-1-2-6-16)22-14-20(27(35)31-11-12-33)24-19-7-3-4-8-23(19)37-26(24)25(22)34/h3-4,7-10,13-14,16,22,24-26,33-34H,1-2,5-6,11-12,15H2,(H,31,35)/t22-,24+,25+,26+/m1/s1. The van der Waals surface area contributed by atoms with Crippen molar-refractivity contribution in [1.82, 2.24) is 10.2 Å². The van der Waals surface area contributed by atoms with Crippen LogP contribution in [0.25, 0.3) is 0 Å². The second kappa shape index (κ2) is 11.0. The molecular formula is C28H30Cl2N2O5. The molecule has 2 aromatic rings. The fourth-order valence-corrected chi connectivity index (χ4v) is 6.23. The maximum Gasteiger partial charge on any atom is 0.247 e. The molecule has 1 heterocycles. The Morgan fingerprint density at radius 1 is 1.11 bits per heavy atom. The average Bonchev–Trinajstić information content (AvgIpc) is 3.56. The van der Waals surface area contributed by atoms with E-state index in [1.807, 2.05) is 24.3 Å². The van der Waals surface area contributed by atoms with Crippen LogP contribution in [0.5, 0.6) is 5.75 Å². The van der Waals surface area contributed by atoms with Crippen LogP contribution in [0.2, 0.25) is 10.0 Å². The van der Waals surface area contributed by atoms with Gasteiger partial charge in [-0.25, -0.2) is 0 Å². The Balaban J connectivity index is 1.57. The lowest BCUT2D eigenvalue weighted by Gasteiger charge is -2.41. The molecule has 0 radical (unpaired) electrons. The number of aliphatic hydroxyl groups excluding tert-OH is 2. The van der Waals surface area contributed by atoms with Gasteiger partial charge in [0.2, 0.25) is 11.8 Å². The van der Waals surface area contributed by atoms with Crippen LogP contribution in [-0.2, 0) is 16.1 Å². The van der Waals surface area contributed by atoms with Crippen molar-refractivity contribution in [3.8, 4) is 5.75 Å². The molecule has 1 aliphatic heterocycles. The molecule has 0 unspecified atom stereocenters. The maximum atomic E-state index is 13.9. The zero-order chi connectivity index (χ0) is 26.1. The van der Waals surface area contributed by atoms with Gasteiger partial charge in [-0.05, 0) is 42.7 Å². The van der Waals surface area contributed by atoms with Gasteiger partial charge in [0.25, 0.3) is 0 Å². The monoisotopic (exact) mass is 544 g/mol. The van der Waals surface area contributed by atoms with Crippen LogP contribution in [0.3, 0.4) is 0 Å². The van der Waals surface area contributed by atoms with Gasteiger partial charge in [-0.3, -0.25) is 9.59 Å². The lowest BCUT2D eigenvalue weighted by Crippen LogP contribution is -2.56. The van der Waals surface area contributed by atoms with E-state index >= 15 is 0 Å². The number of halogens is 2. The second-order valence-corrected chi connectivity index (χ2v) is 10.7. The molecular weight excluding hydrogens is 515 g/mol. The van der Waals surface area contributed by atoms with Gasteiger partial charge in [-0.15, -0.1) is 0 Å². The summed E-state index contributed by atoms with van der Waals surface area (Å²) in [5.41, 5.74) is 1.91. The van der Waals surface area contributed by atoms with Crippen molar-refractivity contribution in [2.45, 2.75) is 56.4 Å². The minimum atomic E-state index is -1.08. The first kappa shape index (κ1) is 26.0. The maximum absolute atomic E-state index is 13.9. The highest BCUT2D eigenvalue weighted by Gasteiger charge is 2.51. The van der Waals surface area contributed by atoms with Gasteiger partial charge in [-0.1, -0.05) is 60.3 Å². The zero-order valence-corrected chi connectivity index (χ0v) is 21.8. The SMILES string of the molecule is O=C(NCCO)C1=C[C@@H](N(Cc2ccc(Cl)cc2Cl)C(=O)C2CCCC2)[C@H](O)[C@H]2Oc3ccccc3[C@@H]12. The minimum absolute atomic E-state index is 0.0760. The van der Waals surface area contributed by atoms with Crippen molar-refractivity contribution in [2.24, 2.45) is 5.92 Å². The topological polar surface area (TPSA) is 99.1 Å². The molecule has 7 nitrogen and oxygen atoms in total. The first-order chi connectivity index (χ1) is 17.9. The molecule has 3 N–H and O–H groups in total. The van der Waals surface area contributed by atoms with E-state index in [1.54, 1.807) is 29.2 Å². The van der Waals surface area contributed by atoms with Gasteiger partial charge in [0.1, 0.15) is 18.0 Å². The number of carbonyl (C=O) groups is 2. The molecule has 37 heavy (non-hydrogen) atoms. The molecule has 1 saturated carbocycles. The van der Waals surface area contributed by atoms with E-state index in [1.165, 1.54) is 0 Å². The molecule has 3 aliphatic rings. The number of para-hydroxylation sites is 1. The van der Waals surface area contributed by atoms with Gasteiger partial charge in [0, 0.05) is 40.2 Å². The van der Waals surface area contributed by atoms with Crippen LogP contribution < -0.4 is 10.1 Å². The van der Waals surface area contributed by atoms with Crippen LogP contribution in [0.15, 0.2) is 54.1 Å². The lowest BCUT2D eigenvalue weighted by molar-refractivity contribution is -0.142. The van der Waals surface area contributed by atoms with Gasteiger partial charge in [0.15, 0.2) is 0 Å². The fourth-order valence-electron chi connectivity index (χ4n) is 5.76. The van der Waals surface area contributed by atoms with Crippen molar-refractivity contribution in [3.63, 3.8) is 0 Å². The molecule has 0 aromatic heterocycles. The fraction of sp³-hybridized carbons (Fsp3) is 0.429. The third-order valence-corrected chi connectivity index (χ3v) is 8.17. The quantitative estimate of drug-likeness (QED) is 0.491. The van der Waals surface area contributed by atoms with E-state index in [4.69, 9.17) is 27.9 Å². The summed E-state index contributed by atoms with van der Waals surface area (Å²) in [6, 6.07) is 11.7. The van der Waals surface area contributed by atoms with Crippen LogP contribution >= 0.6 is 23.2 Å². The highest BCUT2D eigenvalue weighted by Crippen LogP contribution is 2.47. The Labute approximate surface area is 226 Å². The third-order valence-electron chi connectivity index (χ3n) is 7.58. The van der Waals surface area contributed by atoms with Crippen molar-refractivity contribution >= 4 is 35.0 Å². The molecule has 2 aliphatic carbocycles. The summed E-state index contributed by atoms with van der Waals surface area (Å²) in [6.07, 6.45) is 3.40. The Bertz CT molecular complexity index is 1210. The van der Waals surface area contributed by atoms with Gasteiger partial charge >= 0.3 is 0 Å². The van der Waals surface area contributed by atoms with E-state index in [0.29, 0.717) is 26.9 Å². The summed E-state index contributed by atoms with van der Waals surface area (Å²) in [4.78, 5) is 28.8. The van der Waals surface area contributed by atoms with Crippen molar-refractivity contribution in [2.75, 3.05) is 13.2 Å². The summed E-state index contributed by atoms with van der Waals surface area (Å²) in [6.45, 7) is 0.0431. The largest absolute Gasteiger partial charge is 0.486 e. The Morgan fingerprint density at radius 2 is 1.86 bits per heavy atom. The number of ether oxygens (including phenoxy) is 1. The average molecular weight is 545 g/mol. The molecule has 1 fully saturated rings. The molecule has 9 heteroatoms. The molecule has 2 amide bonds. The number of hydrogen-bond donors (Lipinski definition) is 3. The first-order valence-corrected chi connectivity index (χ1v) is 13.4. The van der Waals surface area contributed by atoms with E-state index in [0.717, 1.165) is 31.2 Å². The first-order valence-electron chi connectivity index (χ1n) is 12.7. The molecule has 5 rings (SSSR count). The molecule has 196 valence electrons. The summed E-state index contributed by atoms with van der Waals surface area (Å²) < 4.78 is 6.18. The Kier molecular flexibility index (Phi) is 7.77. The molecule has 0 saturated heterocycles. The van der Waals surface area contributed by atoms with E-state index in [-0.39, 0.29) is 37.4 Å². The molecule has 4 atom stereocenters. The second-order valence-electron chi connectivity index (χ2n) is 9.86. The summed E-state index contributed by atoms with van der Waals surface area (Å²) >= 11 is 12.6. The van der Waals surface area contributed by atoms with E-state index in [9.17, 15) is 19.8 Å². The highest BCUT2D eigenvalue weighted by molar-refractivity contribution is 6.35. The van der Waals surface area contributed by atoms with Crippen LogP contribution in [-0.4, -0.2) is 58.3 Å². The van der Waals surface area contributed by atoms with E-state index < -0.39 is 24.2 Å². The van der Waals surface area contributed by atoms with Gasteiger partial charge < -0.3 is 25.2 Å². The number of nitrogens with zero attached hydrogens (tertiary/aromatic N) is 1. The Morgan fingerprint density at radius 3 is 2.59 bits per heavy atom. The number of carbonyl (C=O) groups excluding carboxylic acids is 2. The number of hydrogen-bond acceptors (Lipinski definition) is 5. The molecule has 2 aromatic carbocycles. The van der Waals surface area contributed by atoms with Gasteiger partial charge in [0.05, 0.1) is 18.6 Å². The number of benzene rings is 2. The Hall–Kier alpha value is -2.58. The van der Waals surface area contributed by atoms with Crippen molar-refractivity contribution in [1.29, 1.82) is 0 Å². The van der Waals surface area contributed by atoms with Crippen molar-refractivity contribution < 1.29 is 24.5 Å². The summed E-state index contributed by atoms with van der Waals surface area (Å²) in [7, 11) is 0. The highest BCUT2D eigenvalue weighted by atomic mass is 35.5. The number of rotatable bonds is 7. The predicted molar refractivity (Wildman–Crippen MR) is 141 cm³/mol. The third kappa shape index (κ3) is 5.10. The lowest BCUT2D eigenvalue weighted by atomic mass is 9.77. The normalized spacial score (nSPS) is 24.6. The zero-order valence-electron chi connectivity index (χ0n) is 20.3. The number of aliphatic hydroxyl groups is 2. The minimum Gasteiger partial charge on any atom is -0.486 e. The number of amides is 2. The predicted octanol–water partition coefficient (Wildman–Crippen LogP) is 3.84. The number of fused-ring (bicyclic) bond motifs is 3. The summed E-state index contributed by atoms with van der Waals surface area (Å²) in [5, 5.41) is 24.6. The molecule has 0 spiro atoms. The van der Waals surface area contributed by atoms with Crippen molar-refractivity contribution in [3.05, 3.63) is 75.3 Å². The number of nitrogens with one attached hydrogen (secondary N) is 1. The van der Waals surface area contributed by atoms with Crippen LogP contribution in [0.4, 0.5) is 0 Å². The molecule has 0 bridgehead atoms. The van der Waals surface area contributed by atoms with Crippen LogP contribution in [0.1, 0.15) is 42.7 Å². The van der Waals surface area contributed by atoms with Gasteiger partial charge in [-0.2, -0.15) is 0 Å². The summed E-state index contributed by atoms with van der Waals surface area (Å²) in [5.74, 6) is -0.485.